The van der Waals surface area contributed by atoms with E-state index in [2.05, 4.69) is 5.32 Å². The number of rotatable bonds is 0. The quantitative estimate of drug-likeness (QED) is 0.604. The smallest absolute Gasteiger partial charge is 0.119 e. The number of ether oxygens (including phenoxy) is 2. The van der Waals surface area contributed by atoms with Crippen LogP contribution >= 0.6 is 0 Å². The molecule has 0 saturated carbocycles. The van der Waals surface area contributed by atoms with E-state index in [0.717, 1.165) is 24.6 Å². The second kappa shape index (κ2) is 4.14. The summed E-state index contributed by atoms with van der Waals surface area (Å²) in [5.41, 5.74) is 0. The van der Waals surface area contributed by atoms with Crippen LogP contribution in [0.4, 0.5) is 0 Å². The summed E-state index contributed by atoms with van der Waals surface area (Å²) in [7, 11) is 0. The van der Waals surface area contributed by atoms with E-state index < -0.39 is 0 Å². The Morgan fingerprint density at radius 3 is 1.77 bits per heavy atom. The monoisotopic (exact) mass is 179 g/mol. The Hall–Kier alpha value is -1.22. The Bertz CT molecular complexity index is 231. The van der Waals surface area contributed by atoms with Crippen molar-refractivity contribution in [3.05, 3.63) is 24.3 Å². The molecule has 2 aliphatic heterocycles. The first kappa shape index (κ1) is 8.38. The van der Waals surface area contributed by atoms with Gasteiger partial charge in [-0.25, -0.2) is 0 Å². The van der Waals surface area contributed by atoms with Crippen LogP contribution in [0.1, 0.15) is 0 Å². The molecule has 3 rings (SSSR count). The van der Waals surface area contributed by atoms with Gasteiger partial charge in [-0.2, -0.15) is 0 Å². The molecule has 3 nitrogen and oxygen atoms in total. The predicted molar refractivity (Wildman–Crippen MR) is 50.3 cm³/mol. The molecule has 0 spiro atoms. The molecular weight excluding hydrogens is 166 g/mol. The van der Waals surface area contributed by atoms with E-state index in [0.29, 0.717) is 13.2 Å². The van der Waals surface area contributed by atoms with E-state index in [9.17, 15) is 0 Å². The minimum Gasteiger partial charge on any atom is -0.492 e. The fraction of sp³-hybridized carbons (Fsp3) is 0.400. The molecule has 2 bridgehead atoms. The van der Waals surface area contributed by atoms with Gasteiger partial charge in [-0.05, 0) is 24.3 Å². The molecule has 1 aromatic carbocycles. The molecular formula is C10H13NO2. The van der Waals surface area contributed by atoms with Gasteiger partial charge < -0.3 is 14.8 Å². The van der Waals surface area contributed by atoms with Gasteiger partial charge in [-0.3, -0.25) is 0 Å². The van der Waals surface area contributed by atoms with Crippen LogP contribution in [0.15, 0.2) is 24.3 Å². The summed E-state index contributed by atoms with van der Waals surface area (Å²) in [5.74, 6) is 1.80. The third-order valence-electron chi connectivity index (χ3n) is 1.92. The van der Waals surface area contributed by atoms with Crippen LogP contribution in [0.25, 0.3) is 0 Å². The summed E-state index contributed by atoms with van der Waals surface area (Å²) >= 11 is 0. The minimum atomic E-state index is 0.708. The third-order valence-corrected chi connectivity index (χ3v) is 1.92. The lowest BCUT2D eigenvalue weighted by molar-refractivity contribution is 0.296. The lowest BCUT2D eigenvalue weighted by atomic mass is 10.3. The molecule has 1 aromatic rings. The van der Waals surface area contributed by atoms with E-state index in [-0.39, 0.29) is 0 Å². The average molecular weight is 179 g/mol. The van der Waals surface area contributed by atoms with Crippen LogP contribution < -0.4 is 14.8 Å². The zero-order valence-corrected chi connectivity index (χ0v) is 7.45. The van der Waals surface area contributed by atoms with Crippen molar-refractivity contribution in [1.29, 1.82) is 0 Å². The lowest BCUT2D eigenvalue weighted by Crippen LogP contribution is -2.25. The third kappa shape index (κ3) is 2.36. The van der Waals surface area contributed by atoms with Crippen LogP contribution in [0.2, 0.25) is 0 Å². The van der Waals surface area contributed by atoms with Crippen molar-refractivity contribution in [2.24, 2.45) is 0 Å². The van der Waals surface area contributed by atoms with Gasteiger partial charge in [-0.15, -0.1) is 0 Å². The van der Waals surface area contributed by atoms with Crippen molar-refractivity contribution < 1.29 is 9.47 Å². The molecule has 0 amide bonds. The van der Waals surface area contributed by atoms with Crippen molar-refractivity contribution in [3.63, 3.8) is 0 Å². The van der Waals surface area contributed by atoms with Crippen molar-refractivity contribution >= 4 is 0 Å². The van der Waals surface area contributed by atoms with E-state index in [1.54, 1.807) is 0 Å². The Morgan fingerprint density at radius 2 is 1.31 bits per heavy atom. The molecule has 2 aliphatic rings. The summed E-state index contributed by atoms with van der Waals surface area (Å²) in [5, 5.41) is 3.22. The van der Waals surface area contributed by atoms with Gasteiger partial charge in [-0.1, -0.05) is 0 Å². The van der Waals surface area contributed by atoms with Crippen molar-refractivity contribution in [3.8, 4) is 11.5 Å². The SMILES string of the molecule is c1cc2ccc1OCCNCCO2. The fourth-order valence-corrected chi connectivity index (χ4v) is 1.24. The molecule has 0 radical (unpaired) electrons. The van der Waals surface area contributed by atoms with Crippen LogP contribution in [0.5, 0.6) is 11.5 Å². The van der Waals surface area contributed by atoms with Crippen LogP contribution in [-0.4, -0.2) is 26.3 Å². The van der Waals surface area contributed by atoms with Gasteiger partial charge in [0, 0.05) is 13.1 Å². The van der Waals surface area contributed by atoms with Gasteiger partial charge in [0.2, 0.25) is 0 Å². The van der Waals surface area contributed by atoms with Gasteiger partial charge >= 0.3 is 0 Å². The van der Waals surface area contributed by atoms with E-state index in [1.165, 1.54) is 0 Å². The summed E-state index contributed by atoms with van der Waals surface area (Å²) in [6, 6.07) is 7.72. The molecule has 0 aliphatic carbocycles. The van der Waals surface area contributed by atoms with E-state index in [4.69, 9.17) is 9.47 Å². The molecule has 0 aromatic heterocycles. The summed E-state index contributed by atoms with van der Waals surface area (Å²) in [4.78, 5) is 0. The Balaban J connectivity index is 2.10. The number of benzene rings is 1. The zero-order valence-electron chi connectivity index (χ0n) is 7.45. The minimum absolute atomic E-state index is 0.708. The molecule has 1 N–H and O–H groups in total. The molecule has 0 unspecified atom stereocenters. The number of hydrogen-bond donors (Lipinski definition) is 1. The second-order valence-corrected chi connectivity index (χ2v) is 2.92. The summed E-state index contributed by atoms with van der Waals surface area (Å²) in [6.45, 7) is 3.15. The van der Waals surface area contributed by atoms with Crippen molar-refractivity contribution in [2.45, 2.75) is 0 Å². The number of hydrogen-bond acceptors (Lipinski definition) is 3. The second-order valence-electron chi connectivity index (χ2n) is 2.92. The van der Waals surface area contributed by atoms with Crippen molar-refractivity contribution in [2.75, 3.05) is 26.3 Å². The highest BCUT2D eigenvalue weighted by Crippen LogP contribution is 2.17. The standard InChI is InChI=1S/C10H13NO2/c1-2-10-4-3-9(1)12-7-5-11-6-8-13-10/h1-4,11H,5-8H2. The topological polar surface area (TPSA) is 30.5 Å². The van der Waals surface area contributed by atoms with Crippen LogP contribution in [0, 0.1) is 0 Å². The lowest BCUT2D eigenvalue weighted by Gasteiger charge is -2.04. The maximum absolute atomic E-state index is 5.47. The van der Waals surface area contributed by atoms with Crippen LogP contribution in [-0.2, 0) is 0 Å². The molecule has 0 saturated heterocycles. The number of fused-ring (bicyclic) bond motifs is 8. The first-order valence-corrected chi connectivity index (χ1v) is 4.51. The Kier molecular flexibility index (Phi) is 2.67. The molecule has 70 valence electrons. The van der Waals surface area contributed by atoms with Gasteiger partial charge in [0.05, 0.1) is 0 Å². The van der Waals surface area contributed by atoms with E-state index in [1.807, 2.05) is 24.3 Å². The van der Waals surface area contributed by atoms with Gasteiger partial charge in [0.15, 0.2) is 0 Å². The molecule has 13 heavy (non-hydrogen) atoms. The predicted octanol–water partition coefficient (Wildman–Crippen LogP) is 1.05. The van der Waals surface area contributed by atoms with Gasteiger partial charge in [0.25, 0.3) is 0 Å². The summed E-state index contributed by atoms with van der Waals surface area (Å²) in [6.07, 6.45) is 0. The maximum Gasteiger partial charge on any atom is 0.119 e. The van der Waals surface area contributed by atoms with Crippen molar-refractivity contribution in [1.82, 2.24) is 5.32 Å². The highest BCUT2D eigenvalue weighted by Gasteiger charge is 1.98. The highest BCUT2D eigenvalue weighted by molar-refractivity contribution is 5.31. The van der Waals surface area contributed by atoms with Crippen LogP contribution in [0.3, 0.4) is 0 Å². The maximum atomic E-state index is 5.47. The average Bonchev–Trinajstić information content (AvgIpc) is 2.25. The molecule has 0 fully saturated rings. The molecule has 3 heteroatoms. The number of nitrogens with one attached hydrogen (secondary N) is 1. The normalized spacial score (nSPS) is 16.9. The Labute approximate surface area is 77.7 Å². The zero-order chi connectivity index (χ0) is 8.93. The highest BCUT2D eigenvalue weighted by atomic mass is 16.5. The largest absolute Gasteiger partial charge is 0.492 e. The molecule has 2 heterocycles. The summed E-state index contributed by atoms with van der Waals surface area (Å²) < 4.78 is 10.9. The first-order valence-electron chi connectivity index (χ1n) is 4.51. The van der Waals surface area contributed by atoms with E-state index >= 15 is 0 Å². The first-order chi connectivity index (χ1) is 6.45. The van der Waals surface area contributed by atoms with Gasteiger partial charge in [0.1, 0.15) is 24.7 Å². The molecule has 0 atom stereocenters. The Morgan fingerprint density at radius 1 is 0.846 bits per heavy atom. The fourth-order valence-electron chi connectivity index (χ4n) is 1.24.